The topological polar surface area (TPSA) is 241 Å². The zero-order valence-corrected chi connectivity index (χ0v) is 22.5. The summed E-state index contributed by atoms with van der Waals surface area (Å²) in [6, 6.07) is 10.9. The van der Waals surface area contributed by atoms with Crippen LogP contribution in [0, 0.1) is 0 Å². The van der Waals surface area contributed by atoms with Gasteiger partial charge in [0.2, 0.25) is 12.9 Å². The van der Waals surface area contributed by atoms with E-state index in [2.05, 4.69) is 0 Å². The van der Waals surface area contributed by atoms with Gasteiger partial charge in [-0.05, 0) is 48.0 Å². The van der Waals surface area contributed by atoms with Crippen LogP contribution in [0.2, 0.25) is 0 Å². The third-order valence-corrected chi connectivity index (χ3v) is 6.77. The lowest BCUT2D eigenvalue weighted by molar-refractivity contribution is -0.276. The van der Waals surface area contributed by atoms with Gasteiger partial charge in [-0.2, -0.15) is 0 Å². The summed E-state index contributed by atoms with van der Waals surface area (Å²) in [7, 11) is 0. The second kappa shape index (κ2) is 12.1. The van der Waals surface area contributed by atoms with Crippen molar-refractivity contribution in [3.63, 3.8) is 0 Å². The van der Waals surface area contributed by atoms with Crippen LogP contribution in [-0.4, -0.2) is 88.9 Å². The Morgan fingerprint density at radius 2 is 1.52 bits per heavy atom. The minimum atomic E-state index is -1.82. The van der Waals surface area contributed by atoms with Gasteiger partial charge in [0.25, 0.3) is 0 Å². The van der Waals surface area contributed by atoms with Gasteiger partial charge in [-0.25, -0.2) is 0 Å². The number of ether oxygens (including phenoxy) is 3. The highest BCUT2D eigenvalue weighted by Crippen LogP contribution is 2.43. The van der Waals surface area contributed by atoms with E-state index in [1.165, 1.54) is 36.4 Å². The lowest BCUT2D eigenvalue weighted by Gasteiger charge is -2.39. The van der Waals surface area contributed by atoms with Gasteiger partial charge < -0.3 is 64.3 Å². The minimum Gasteiger partial charge on any atom is -0.507 e. The van der Waals surface area contributed by atoms with Crippen LogP contribution in [0.1, 0.15) is 5.56 Å². The van der Waals surface area contributed by atoms with Crippen molar-refractivity contribution in [1.82, 2.24) is 0 Å². The molecule has 14 heteroatoms. The number of hydrogen-bond acceptors (Lipinski definition) is 13. The fourth-order valence-electron chi connectivity index (χ4n) is 4.43. The monoisotopic (exact) mass is 611 g/mol. The summed E-state index contributed by atoms with van der Waals surface area (Å²) >= 11 is 0. The number of rotatable bonds is 7. The van der Waals surface area contributed by atoms with E-state index in [0.29, 0.717) is 5.56 Å². The highest BCUT2D eigenvalue weighted by Gasteiger charge is 2.47. The zero-order valence-electron chi connectivity index (χ0n) is 22.5. The number of hydrogen-bond donors (Lipinski definition) is 8. The first-order valence-electron chi connectivity index (χ1n) is 13.0. The first kappa shape index (κ1) is 30.2. The number of fused-ring (bicyclic) bond motifs is 1. The molecule has 0 bridgehead atoms. The van der Waals surface area contributed by atoms with Crippen molar-refractivity contribution in [2.45, 2.75) is 30.7 Å². The largest absolute Gasteiger partial charge is 0.510 e. The molecule has 0 radical (unpaired) electrons. The number of esters is 1. The molecule has 0 amide bonds. The van der Waals surface area contributed by atoms with Crippen LogP contribution in [0.5, 0.6) is 34.5 Å². The molecule has 1 saturated heterocycles. The molecule has 14 nitrogen and oxygen atoms in total. The quantitative estimate of drug-likeness (QED) is 0.0638. The molecular weight excluding hydrogens is 584 g/mol. The third kappa shape index (κ3) is 6.23. The first-order chi connectivity index (χ1) is 20.9. The lowest BCUT2D eigenvalue weighted by atomic mass is 9.99. The van der Waals surface area contributed by atoms with Crippen molar-refractivity contribution in [2.24, 2.45) is 0 Å². The summed E-state index contributed by atoms with van der Waals surface area (Å²) < 4.78 is 22.5. The molecule has 5 atom stereocenters. The maximum absolute atomic E-state index is 12.0. The Labute approximate surface area is 247 Å². The smallest absolute Gasteiger partial charge is 0.507 e. The number of benzene rings is 3. The van der Waals surface area contributed by atoms with Gasteiger partial charge in [-0.1, -0.05) is 6.07 Å². The van der Waals surface area contributed by atoms with Crippen LogP contribution in [-0.2, 0) is 9.47 Å². The highest BCUT2D eigenvalue weighted by atomic mass is 16.7. The minimum absolute atomic E-state index is 0.0328. The van der Waals surface area contributed by atoms with E-state index in [-0.39, 0.29) is 39.9 Å². The number of carbonyl (C=O) groups excluding carboxylic acids is 1. The molecule has 2 aliphatic heterocycles. The van der Waals surface area contributed by atoms with Crippen molar-refractivity contribution < 1.29 is 64.3 Å². The summed E-state index contributed by atoms with van der Waals surface area (Å²) in [6.45, 7) is -0.532. The number of phenolic OH excluding ortho intramolecular Hbond substituents is 5. The normalized spacial score (nSPS) is 21.8. The Kier molecular flexibility index (Phi) is 8.33. The van der Waals surface area contributed by atoms with Gasteiger partial charge >= 0.3 is 5.97 Å². The summed E-state index contributed by atoms with van der Waals surface area (Å²) in [5.41, 5.74) is 0.0267. The lowest BCUT2D eigenvalue weighted by Crippen LogP contribution is -2.60. The van der Waals surface area contributed by atoms with Crippen LogP contribution in [0.4, 0.5) is 0 Å². The van der Waals surface area contributed by atoms with Gasteiger partial charge in [-0.15, -0.1) is 0 Å². The molecule has 0 aromatic heterocycles. The molecule has 0 saturated carbocycles. The van der Waals surface area contributed by atoms with Crippen molar-refractivity contribution in [3.05, 3.63) is 76.5 Å². The molecule has 2 aromatic carbocycles. The van der Waals surface area contributed by atoms with Crippen molar-refractivity contribution in [2.75, 3.05) is 6.61 Å². The highest BCUT2D eigenvalue weighted by molar-refractivity contribution is 5.88. The second-order valence-electron chi connectivity index (χ2n) is 9.86. The van der Waals surface area contributed by atoms with E-state index < -0.39 is 66.0 Å². The number of aliphatic hydroxyl groups is 3. The van der Waals surface area contributed by atoms with Crippen molar-refractivity contribution >= 4 is 12.0 Å². The molecule has 230 valence electrons. The third-order valence-electron chi connectivity index (χ3n) is 6.77. The number of aliphatic hydroxyl groups excluding tert-OH is 3. The molecular formula is C30H27O14+. The van der Waals surface area contributed by atoms with Gasteiger partial charge in [0.15, 0.2) is 46.0 Å². The standard InChI is InChI=1S/C30H26O14/c31-15-9-19(34)16-11-23(29(42-22(16)10-15)14-3-5-18(33)21(36)8-14)43-30-28(40)27(39)26(38)24(44-30)12-41-25(37)6-2-13-1-4-17(32)20(35)7-13/h1-11,24,26-28,30,32-36,38-40H,12H2/p+1/b6-2+. The fourth-order valence-corrected chi connectivity index (χ4v) is 4.43. The van der Waals surface area contributed by atoms with Gasteiger partial charge in [0.1, 0.15) is 29.8 Å². The molecule has 44 heavy (non-hydrogen) atoms. The average molecular weight is 612 g/mol. The Bertz CT molecular complexity index is 1740. The molecule has 5 unspecified atom stereocenters. The Balaban J connectivity index is 1.39. The fraction of sp³-hybridized carbons (Fsp3) is 0.200. The maximum atomic E-state index is 12.0. The molecule has 3 aliphatic rings. The van der Waals surface area contributed by atoms with Crippen LogP contribution < -0.4 is 10.2 Å². The van der Waals surface area contributed by atoms with E-state index in [0.717, 1.165) is 30.3 Å². The Morgan fingerprint density at radius 3 is 2.23 bits per heavy atom. The average Bonchev–Trinajstić information content (AvgIpc) is 2.98. The number of phenols is 5. The molecule has 2 heterocycles. The van der Waals surface area contributed by atoms with Crippen LogP contribution in [0.25, 0.3) is 28.7 Å². The molecule has 2 aromatic rings. The first-order valence-corrected chi connectivity index (χ1v) is 13.0. The molecule has 1 aliphatic carbocycles. The Hall–Kier alpha value is -5.28. The van der Waals surface area contributed by atoms with Crippen LogP contribution in [0.15, 0.2) is 69.9 Å². The molecule has 0 spiro atoms. The molecule has 5 rings (SSSR count). The summed E-state index contributed by atoms with van der Waals surface area (Å²) in [5.74, 6) is -3.11. The number of aromatic hydroxyl groups is 5. The predicted molar refractivity (Wildman–Crippen MR) is 151 cm³/mol. The predicted octanol–water partition coefficient (Wildman–Crippen LogP) is 1.36. The van der Waals surface area contributed by atoms with Crippen molar-refractivity contribution in [1.29, 1.82) is 0 Å². The van der Waals surface area contributed by atoms with Gasteiger partial charge in [0.05, 0.1) is 11.6 Å². The van der Waals surface area contributed by atoms with Crippen LogP contribution in [0.3, 0.4) is 0 Å². The van der Waals surface area contributed by atoms with E-state index in [9.17, 15) is 50.4 Å². The zero-order chi connectivity index (χ0) is 31.7. The van der Waals surface area contributed by atoms with Gasteiger partial charge in [0, 0.05) is 17.7 Å². The SMILES string of the molecule is O=c1cc2oc(-c3ccc(O)c(O)c3)c(OC3OC(COC(=[OH+])/C=C/c4ccc(O)c(O)c4)C(O)C(O)C3O)cc-2c(O)c1. The van der Waals surface area contributed by atoms with Crippen LogP contribution >= 0.6 is 0 Å². The van der Waals surface area contributed by atoms with Gasteiger partial charge in [-0.3, -0.25) is 4.79 Å². The summed E-state index contributed by atoms with van der Waals surface area (Å²) in [4.78, 5) is 22.1. The van der Waals surface area contributed by atoms with E-state index in [1.807, 2.05) is 0 Å². The molecule has 1 fully saturated rings. The Morgan fingerprint density at radius 1 is 0.818 bits per heavy atom. The van der Waals surface area contributed by atoms with E-state index in [4.69, 9.17) is 18.6 Å². The maximum Gasteiger partial charge on any atom is 0.510 e. The second-order valence-corrected chi connectivity index (χ2v) is 9.86. The molecule has 9 N–H and O–H groups in total. The van der Waals surface area contributed by atoms with Crippen molar-refractivity contribution in [3.8, 4) is 57.1 Å². The van der Waals surface area contributed by atoms with E-state index in [1.54, 1.807) is 0 Å². The summed E-state index contributed by atoms with van der Waals surface area (Å²) in [6.07, 6.45) is -5.89. The summed E-state index contributed by atoms with van der Waals surface area (Å²) in [5, 5.41) is 80.8. The van der Waals surface area contributed by atoms with E-state index >= 15 is 0 Å².